The number of aromatic nitrogens is 1. The maximum absolute atomic E-state index is 12.4. The molecule has 15 heavy (non-hydrogen) atoms. The Morgan fingerprint density at radius 1 is 1.60 bits per heavy atom. The van der Waals surface area contributed by atoms with Crippen LogP contribution in [0.1, 0.15) is 28.9 Å². The van der Waals surface area contributed by atoms with Gasteiger partial charge in [-0.2, -0.15) is 5.26 Å². The summed E-state index contributed by atoms with van der Waals surface area (Å²) in [5.41, 5.74) is 6.84. The van der Waals surface area contributed by atoms with Crippen LogP contribution >= 0.6 is 0 Å². The molecule has 0 bridgehead atoms. The predicted molar refractivity (Wildman–Crippen MR) is 51.1 cm³/mol. The normalized spacial score (nSPS) is 10.4. The molecule has 0 radical (unpaired) electrons. The van der Waals surface area contributed by atoms with Crippen molar-refractivity contribution in [3.05, 3.63) is 28.6 Å². The predicted octanol–water partition coefficient (Wildman–Crippen LogP) is 1.85. The van der Waals surface area contributed by atoms with Crippen molar-refractivity contribution in [2.24, 2.45) is 5.73 Å². The Morgan fingerprint density at radius 3 is 2.73 bits per heavy atom. The van der Waals surface area contributed by atoms with Gasteiger partial charge in [0, 0.05) is 6.54 Å². The summed E-state index contributed by atoms with van der Waals surface area (Å²) in [6.07, 6.45) is -2.60. The molecule has 1 rings (SSSR count). The van der Waals surface area contributed by atoms with Crippen molar-refractivity contribution < 1.29 is 8.78 Å². The van der Waals surface area contributed by atoms with Gasteiger partial charge in [0.2, 0.25) is 0 Å². The van der Waals surface area contributed by atoms with Gasteiger partial charge in [0.25, 0.3) is 6.43 Å². The fraction of sp³-hybridized carbons (Fsp3) is 0.400. The maximum atomic E-state index is 12.4. The molecule has 0 aliphatic heterocycles. The summed E-state index contributed by atoms with van der Waals surface area (Å²) in [6.45, 7) is 1.91. The summed E-state index contributed by atoms with van der Waals surface area (Å²) in [7, 11) is 0. The van der Waals surface area contributed by atoms with Gasteiger partial charge in [0.05, 0.1) is 18.2 Å². The highest BCUT2D eigenvalue weighted by atomic mass is 19.3. The molecule has 1 aromatic heterocycles. The molecule has 0 saturated carbocycles. The van der Waals surface area contributed by atoms with Gasteiger partial charge < -0.3 is 5.73 Å². The first-order valence-corrected chi connectivity index (χ1v) is 4.44. The number of rotatable bonds is 3. The minimum absolute atomic E-state index is 0.0272. The van der Waals surface area contributed by atoms with Crippen molar-refractivity contribution in [1.29, 1.82) is 5.26 Å². The van der Waals surface area contributed by atoms with E-state index in [1.807, 2.05) is 6.07 Å². The number of hydrogen-bond donors (Lipinski definition) is 1. The molecule has 0 fully saturated rings. The van der Waals surface area contributed by atoms with Gasteiger partial charge in [-0.3, -0.25) is 4.98 Å². The summed E-state index contributed by atoms with van der Waals surface area (Å²) in [5.74, 6) is 0. The standard InChI is InChI=1S/C10H11F2N3/c1-6-7(5-14)4-9(10(11)12)15-8(6)2-3-13/h4,10H,2,5,14H2,1H3. The van der Waals surface area contributed by atoms with Crippen LogP contribution in [0.15, 0.2) is 6.07 Å². The third-order valence-corrected chi connectivity index (χ3v) is 2.19. The third kappa shape index (κ3) is 2.48. The van der Waals surface area contributed by atoms with Crippen molar-refractivity contribution in [3.8, 4) is 6.07 Å². The van der Waals surface area contributed by atoms with Crippen molar-refractivity contribution >= 4 is 0 Å². The van der Waals surface area contributed by atoms with Crippen LogP contribution in [0.2, 0.25) is 0 Å². The first kappa shape index (κ1) is 11.5. The number of halogens is 2. The second-order valence-corrected chi connectivity index (χ2v) is 3.12. The first-order chi connectivity index (χ1) is 7.10. The third-order valence-electron chi connectivity index (χ3n) is 2.19. The molecular formula is C10H11F2N3. The highest BCUT2D eigenvalue weighted by Gasteiger charge is 2.14. The molecule has 0 aliphatic rings. The lowest BCUT2D eigenvalue weighted by molar-refractivity contribution is 0.145. The number of alkyl halides is 2. The van der Waals surface area contributed by atoms with Crippen LogP contribution in [-0.2, 0) is 13.0 Å². The van der Waals surface area contributed by atoms with Crippen molar-refractivity contribution in [3.63, 3.8) is 0 Å². The summed E-state index contributed by atoms with van der Waals surface area (Å²) >= 11 is 0. The average molecular weight is 211 g/mol. The van der Waals surface area contributed by atoms with Crippen LogP contribution in [0.25, 0.3) is 0 Å². The van der Waals surface area contributed by atoms with Crippen molar-refractivity contribution in [2.75, 3.05) is 0 Å². The zero-order valence-corrected chi connectivity index (χ0v) is 8.30. The van der Waals surface area contributed by atoms with E-state index in [4.69, 9.17) is 11.0 Å². The highest BCUT2D eigenvalue weighted by molar-refractivity contribution is 5.33. The maximum Gasteiger partial charge on any atom is 0.280 e. The Kier molecular flexibility index (Phi) is 3.69. The summed E-state index contributed by atoms with van der Waals surface area (Å²) in [4.78, 5) is 3.74. The fourth-order valence-electron chi connectivity index (χ4n) is 1.31. The summed E-state index contributed by atoms with van der Waals surface area (Å²) < 4.78 is 24.9. The zero-order valence-electron chi connectivity index (χ0n) is 8.30. The molecule has 1 aromatic rings. The molecule has 5 heteroatoms. The van der Waals surface area contributed by atoms with E-state index in [9.17, 15) is 8.78 Å². The molecule has 3 nitrogen and oxygen atoms in total. The van der Waals surface area contributed by atoms with Crippen LogP contribution in [0, 0.1) is 18.3 Å². The molecular weight excluding hydrogens is 200 g/mol. The average Bonchev–Trinajstić information content (AvgIpc) is 2.21. The minimum Gasteiger partial charge on any atom is -0.326 e. The fourth-order valence-corrected chi connectivity index (χ4v) is 1.31. The summed E-state index contributed by atoms with van der Waals surface area (Å²) in [5, 5.41) is 8.53. The van der Waals surface area contributed by atoms with Crippen LogP contribution in [0.5, 0.6) is 0 Å². The molecule has 0 atom stereocenters. The van der Waals surface area contributed by atoms with Crippen LogP contribution in [0.3, 0.4) is 0 Å². The van der Waals surface area contributed by atoms with E-state index in [2.05, 4.69) is 4.98 Å². The Hall–Kier alpha value is -1.54. The lowest BCUT2D eigenvalue weighted by Gasteiger charge is -2.10. The zero-order chi connectivity index (χ0) is 11.4. The SMILES string of the molecule is Cc1c(CN)cc(C(F)F)nc1CC#N. The molecule has 80 valence electrons. The topological polar surface area (TPSA) is 62.7 Å². The van der Waals surface area contributed by atoms with Gasteiger partial charge in [-0.15, -0.1) is 0 Å². The van der Waals surface area contributed by atoms with E-state index < -0.39 is 6.43 Å². The number of nitrogens with zero attached hydrogens (tertiary/aromatic N) is 2. The van der Waals surface area contributed by atoms with Gasteiger partial charge in [-0.25, -0.2) is 8.78 Å². The number of nitriles is 1. The van der Waals surface area contributed by atoms with Gasteiger partial charge >= 0.3 is 0 Å². The van der Waals surface area contributed by atoms with E-state index in [-0.39, 0.29) is 18.7 Å². The van der Waals surface area contributed by atoms with Gasteiger partial charge in [0.15, 0.2) is 0 Å². The smallest absolute Gasteiger partial charge is 0.280 e. The number of pyridine rings is 1. The molecule has 0 saturated heterocycles. The molecule has 0 spiro atoms. The van der Waals surface area contributed by atoms with Crippen molar-refractivity contribution in [1.82, 2.24) is 4.98 Å². The molecule has 0 aromatic carbocycles. The van der Waals surface area contributed by atoms with E-state index >= 15 is 0 Å². The lowest BCUT2D eigenvalue weighted by Crippen LogP contribution is -2.07. The largest absolute Gasteiger partial charge is 0.326 e. The van der Waals surface area contributed by atoms with Gasteiger partial charge in [0.1, 0.15) is 5.69 Å². The molecule has 2 N–H and O–H groups in total. The Labute approximate surface area is 86.5 Å². The second kappa shape index (κ2) is 4.80. The molecule has 0 aliphatic carbocycles. The number of nitrogens with two attached hydrogens (primary N) is 1. The second-order valence-electron chi connectivity index (χ2n) is 3.12. The molecule has 0 unspecified atom stereocenters. The Balaban J connectivity index is 3.26. The Morgan fingerprint density at radius 2 is 2.27 bits per heavy atom. The van der Waals surface area contributed by atoms with E-state index in [1.54, 1.807) is 6.92 Å². The first-order valence-electron chi connectivity index (χ1n) is 4.44. The van der Waals surface area contributed by atoms with Crippen LogP contribution in [-0.4, -0.2) is 4.98 Å². The molecule has 1 heterocycles. The van der Waals surface area contributed by atoms with Crippen molar-refractivity contribution in [2.45, 2.75) is 26.3 Å². The van der Waals surface area contributed by atoms with E-state index in [0.29, 0.717) is 11.3 Å². The summed E-state index contributed by atoms with van der Waals surface area (Å²) in [6, 6.07) is 3.19. The van der Waals surface area contributed by atoms with Gasteiger partial charge in [-0.1, -0.05) is 0 Å². The number of hydrogen-bond acceptors (Lipinski definition) is 3. The lowest BCUT2D eigenvalue weighted by atomic mass is 10.0. The van der Waals surface area contributed by atoms with Gasteiger partial charge in [-0.05, 0) is 24.1 Å². The van der Waals surface area contributed by atoms with Crippen LogP contribution in [0.4, 0.5) is 8.78 Å². The quantitative estimate of drug-likeness (QED) is 0.829. The van der Waals surface area contributed by atoms with Crippen LogP contribution < -0.4 is 5.73 Å². The van der Waals surface area contributed by atoms with E-state index in [0.717, 1.165) is 5.56 Å². The Bertz CT molecular complexity index is 396. The van der Waals surface area contributed by atoms with E-state index in [1.165, 1.54) is 6.07 Å². The monoisotopic (exact) mass is 211 g/mol. The highest BCUT2D eigenvalue weighted by Crippen LogP contribution is 2.21. The minimum atomic E-state index is -2.63. The molecule has 0 amide bonds.